The minimum absolute atomic E-state index is 0.0264. The molecule has 0 bridgehead atoms. The Labute approximate surface area is 118 Å². The molecule has 0 spiro atoms. The Hall–Kier alpha value is -1.30. The number of piperidine rings is 1. The molecule has 5 nitrogen and oxygen atoms in total. The number of amides is 1. The minimum atomic E-state index is 0.0264. The molecule has 0 aliphatic carbocycles. The van der Waals surface area contributed by atoms with Crippen molar-refractivity contribution in [2.45, 2.75) is 39.7 Å². The van der Waals surface area contributed by atoms with Crippen LogP contribution in [0.25, 0.3) is 0 Å². The second-order valence-corrected chi connectivity index (χ2v) is 6.24. The summed E-state index contributed by atoms with van der Waals surface area (Å²) >= 11 is 1.35. The second kappa shape index (κ2) is 5.77. The van der Waals surface area contributed by atoms with Crippen LogP contribution in [0.3, 0.4) is 0 Å². The summed E-state index contributed by atoms with van der Waals surface area (Å²) in [6, 6.07) is 0.278. The van der Waals surface area contributed by atoms with E-state index in [1.54, 1.807) is 0 Å². The molecule has 1 aromatic heterocycles. The van der Waals surface area contributed by atoms with Gasteiger partial charge in [-0.2, -0.15) is 0 Å². The molecular formula is C13H22N4OS. The van der Waals surface area contributed by atoms with Gasteiger partial charge < -0.3 is 16.0 Å². The van der Waals surface area contributed by atoms with Crippen molar-refractivity contribution in [2.24, 2.45) is 5.92 Å². The van der Waals surface area contributed by atoms with Crippen molar-refractivity contribution in [3.8, 4) is 0 Å². The van der Waals surface area contributed by atoms with E-state index in [1.165, 1.54) is 11.3 Å². The highest BCUT2D eigenvalue weighted by atomic mass is 32.1. The quantitative estimate of drug-likeness (QED) is 0.893. The molecule has 2 atom stereocenters. The largest absolute Gasteiger partial charge is 0.382 e. The van der Waals surface area contributed by atoms with Crippen molar-refractivity contribution >= 4 is 28.2 Å². The smallest absolute Gasteiger partial charge is 0.268 e. The Bertz CT molecular complexity index is 459. The molecule has 1 amide bonds. The molecule has 1 aromatic rings. The third kappa shape index (κ3) is 3.00. The molecule has 19 heavy (non-hydrogen) atoms. The Morgan fingerprint density at radius 2 is 2.32 bits per heavy atom. The molecule has 1 saturated heterocycles. The number of carbonyl (C=O) groups is 1. The van der Waals surface area contributed by atoms with Crippen LogP contribution in [0.15, 0.2) is 0 Å². The van der Waals surface area contributed by atoms with Crippen LogP contribution in [0.2, 0.25) is 0 Å². The molecular weight excluding hydrogens is 260 g/mol. The van der Waals surface area contributed by atoms with Gasteiger partial charge in [-0.1, -0.05) is 18.3 Å². The van der Waals surface area contributed by atoms with Crippen LogP contribution in [0.4, 0.5) is 10.9 Å². The summed E-state index contributed by atoms with van der Waals surface area (Å²) in [5.74, 6) is 1.06. The highest BCUT2D eigenvalue weighted by molar-refractivity contribution is 7.18. The Morgan fingerprint density at radius 3 is 2.95 bits per heavy atom. The van der Waals surface area contributed by atoms with Gasteiger partial charge in [0, 0.05) is 19.1 Å². The predicted octanol–water partition coefficient (Wildman–Crippen LogP) is 2.42. The summed E-state index contributed by atoms with van der Waals surface area (Å²) in [5.41, 5.74) is 5.86. The number of nitrogens with one attached hydrogen (secondary N) is 1. The average Bonchev–Trinajstić information content (AvgIpc) is 2.70. The molecule has 6 heteroatoms. The van der Waals surface area contributed by atoms with Crippen molar-refractivity contribution in [1.82, 2.24) is 9.88 Å². The van der Waals surface area contributed by atoms with Gasteiger partial charge in [0.05, 0.1) is 0 Å². The average molecular weight is 282 g/mol. The minimum Gasteiger partial charge on any atom is -0.382 e. The summed E-state index contributed by atoms with van der Waals surface area (Å²) in [4.78, 5) is 19.2. The van der Waals surface area contributed by atoms with Crippen LogP contribution < -0.4 is 11.1 Å². The zero-order chi connectivity index (χ0) is 14.0. The van der Waals surface area contributed by atoms with E-state index in [9.17, 15) is 4.79 Å². The summed E-state index contributed by atoms with van der Waals surface area (Å²) in [6.45, 7) is 7.93. The monoisotopic (exact) mass is 282 g/mol. The number of nitrogens with zero attached hydrogens (tertiary/aromatic N) is 2. The van der Waals surface area contributed by atoms with E-state index in [0.29, 0.717) is 16.6 Å². The van der Waals surface area contributed by atoms with E-state index < -0.39 is 0 Å². The number of likely N-dealkylation sites (tertiary alicyclic amines) is 1. The van der Waals surface area contributed by atoms with Crippen molar-refractivity contribution in [3.63, 3.8) is 0 Å². The van der Waals surface area contributed by atoms with Crippen LogP contribution in [0.5, 0.6) is 0 Å². The van der Waals surface area contributed by atoms with Crippen molar-refractivity contribution in [3.05, 3.63) is 4.88 Å². The van der Waals surface area contributed by atoms with Gasteiger partial charge in [0.2, 0.25) is 0 Å². The number of anilines is 2. The van der Waals surface area contributed by atoms with Crippen LogP contribution >= 0.6 is 11.3 Å². The van der Waals surface area contributed by atoms with E-state index in [-0.39, 0.29) is 11.9 Å². The third-order valence-electron chi connectivity index (χ3n) is 3.57. The molecule has 1 aliphatic rings. The lowest BCUT2D eigenvalue weighted by atomic mass is 9.93. The van der Waals surface area contributed by atoms with Gasteiger partial charge >= 0.3 is 0 Å². The maximum atomic E-state index is 12.5. The van der Waals surface area contributed by atoms with E-state index in [0.717, 1.165) is 31.1 Å². The summed E-state index contributed by atoms with van der Waals surface area (Å²) < 4.78 is 0. The summed E-state index contributed by atoms with van der Waals surface area (Å²) in [7, 11) is 0. The molecule has 1 aliphatic heterocycles. The highest BCUT2D eigenvalue weighted by Crippen LogP contribution is 2.30. The molecule has 0 aromatic carbocycles. The number of hydrogen-bond acceptors (Lipinski definition) is 5. The standard InChI is InChI=1S/C13H22N4OS/c1-4-15-13-16-11(14)10(19-13)12(18)17-6-5-8(2)7-9(17)3/h8-9H,4-7,14H2,1-3H3,(H,15,16). The number of thiazole rings is 1. The number of nitrogens with two attached hydrogens (primary N) is 1. The lowest BCUT2D eigenvalue weighted by molar-refractivity contribution is 0.0594. The third-order valence-corrected chi connectivity index (χ3v) is 4.59. The molecule has 1 fully saturated rings. The molecule has 0 radical (unpaired) electrons. The van der Waals surface area contributed by atoms with Gasteiger partial charge in [-0.25, -0.2) is 4.98 Å². The van der Waals surface area contributed by atoms with E-state index >= 15 is 0 Å². The topological polar surface area (TPSA) is 71.2 Å². The van der Waals surface area contributed by atoms with Gasteiger partial charge in [0.15, 0.2) is 5.13 Å². The Morgan fingerprint density at radius 1 is 1.58 bits per heavy atom. The molecule has 2 unspecified atom stereocenters. The highest BCUT2D eigenvalue weighted by Gasteiger charge is 2.30. The van der Waals surface area contributed by atoms with Crippen LogP contribution in [-0.2, 0) is 0 Å². The fourth-order valence-electron chi connectivity index (χ4n) is 2.55. The summed E-state index contributed by atoms with van der Waals surface area (Å²) in [5, 5.41) is 3.82. The molecule has 0 saturated carbocycles. The SMILES string of the molecule is CCNc1nc(N)c(C(=O)N2CCC(C)CC2C)s1. The number of nitrogen functional groups attached to an aromatic ring is 1. The van der Waals surface area contributed by atoms with Gasteiger partial charge in [-0.05, 0) is 32.6 Å². The lowest BCUT2D eigenvalue weighted by Gasteiger charge is -2.36. The Balaban J connectivity index is 2.15. The first-order valence-electron chi connectivity index (χ1n) is 6.84. The molecule has 106 valence electrons. The lowest BCUT2D eigenvalue weighted by Crippen LogP contribution is -2.44. The summed E-state index contributed by atoms with van der Waals surface area (Å²) in [6.07, 6.45) is 2.12. The molecule has 3 N–H and O–H groups in total. The number of aromatic nitrogens is 1. The fraction of sp³-hybridized carbons (Fsp3) is 0.692. The van der Waals surface area contributed by atoms with Crippen LogP contribution in [0.1, 0.15) is 43.3 Å². The van der Waals surface area contributed by atoms with Crippen molar-refractivity contribution < 1.29 is 4.79 Å². The normalized spacial score (nSPS) is 23.4. The number of carbonyl (C=O) groups excluding carboxylic acids is 1. The molecule has 2 heterocycles. The van der Waals surface area contributed by atoms with Gasteiger partial charge in [0.25, 0.3) is 5.91 Å². The van der Waals surface area contributed by atoms with E-state index in [1.807, 2.05) is 11.8 Å². The van der Waals surface area contributed by atoms with Gasteiger partial charge in [0.1, 0.15) is 10.7 Å². The van der Waals surface area contributed by atoms with Crippen molar-refractivity contribution in [2.75, 3.05) is 24.1 Å². The first-order valence-corrected chi connectivity index (χ1v) is 7.65. The van der Waals surface area contributed by atoms with Gasteiger partial charge in [-0.15, -0.1) is 0 Å². The Kier molecular flexibility index (Phi) is 4.29. The number of rotatable bonds is 3. The van der Waals surface area contributed by atoms with Crippen LogP contribution in [-0.4, -0.2) is 34.9 Å². The van der Waals surface area contributed by atoms with E-state index in [2.05, 4.69) is 24.1 Å². The predicted molar refractivity (Wildman–Crippen MR) is 79.6 cm³/mol. The zero-order valence-electron chi connectivity index (χ0n) is 11.8. The van der Waals surface area contributed by atoms with Crippen molar-refractivity contribution in [1.29, 1.82) is 0 Å². The van der Waals surface area contributed by atoms with E-state index in [4.69, 9.17) is 5.73 Å². The maximum Gasteiger partial charge on any atom is 0.268 e. The number of hydrogen-bond donors (Lipinski definition) is 2. The first kappa shape index (κ1) is 14.1. The first-order chi connectivity index (χ1) is 9.02. The van der Waals surface area contributed by atoms with Crippen LogP contribution in [0, 0.1) is 5.92 Å². The second-order valence-electron chi connectivity index (χ2n) is 5.24. The fourth-order valence-corrected chi connectivity index (χ4v) is 3.46. The van der Waals surface area contributed by atoms with Gasteiger partial charge in [-0.3, -0.25) is 4.79 Å². The zero-order valence-corrected chi connectivity index (χ0v) is 12.6. The maximum absolute atomic E-state index is 12.5. The molecule has 2 rings (SSSR count).